The Balaban J connectivity index is 2.06. The highest BCUT2D eigenvalue weighted by Gasteiger charge is 2.36. The average molecular weight is 416 g/mol. The number of benzene rings is 2. The maximum absolute atomic E-state index is 12.1. The highest BCUT2D eigenvalue weighted by molar-refractivity contribution is 6.68. The van der Waals surface area contributed by atoms with E-state index in [0.717, 1.165) is 5.56 Å². The van der Waals surface area contributed by atoms with Gasteiger partial charge in [0.25, 0.3) is 5.69 Å². The monoisotopic (exact) mass is 414 g/mol. The first-order valence-corrected chi connectivity index (χ1v) is 8.40. The second-order valence-electron chi connectivity index (χ2n) is 5.04. The predicted octanol–water partition coefficient (Wildman–Crippen LogP) is 4.50. The largest absolute Gasteiger partial charge is 0.466 e. The number of carbonyl (C=O) groups excluding carboxylic acids is 1. The van der Waals surface area contributed by atoms with Gasteiger partial charge in [-0.05, 0) is 23.8 Å². The molecule has 1 N–H and O–H groups in total. The van der Waals surface area contributed by atoms with Gasteiger partial charge in [-0.1, -0.05) is 65.1 Å². The van der Waals surface area contributed by atoms with Crippen molar-refractivity contribution in [1.82, 2.24) is 5.32 Å². The molecule has 0 radical (unpaired) electrons. The van der Waals surface area contributed by atoms with Crippen LogP contribution in [0.3, 0.4) is 0 Å². The van der Waals surface area contributed by atoms with Crippen molar-refractivity contribution in [3.05, 3.63) is 76.4 Å². The molecule has 1 unspecified atom stereocenters. The number of hydrogen-bond acceptors (Lipinski definition) is 4. The zero-order chi connectivity index (χ0) is 19.2. The molecular weight excluding hydrogens is 403 g/mol. The summed E-state index contributed by atoms with van der Waals surface area (Å²) in [6.45, 7) is 0. The molecule has 2 rings (SSSR count). The van der Waals surface area contributed by atoms with Gasteiger partial charge in [0.15, 0.2) is 0 Å². The quantitative estimate of drug-likeness (QED) is 0.248. The first-order valence-electron chi connectivity index (χ1n) is 7.27. The molecule has 2 aromatic carbocycles. The molecule has 0 saturated carbocycles. The van der Waals surface area contributed by atoms with Crippen LogP contribution in [0.25, 0.3) is 6.08 Å². The number of amides is 1. The molecule has 1 atom stereocenters. The standard InChI is InChI=1S/C17H13Cl3N2O4/c18-17(19,20)16(26-14-9-7-13(8-10-14)22(24)25)21-15(23)11-6-12-4-2-1-3-5-12/h1-11,16H,(H,21,23). The van der Waals surface area contributed by atoms with E-state index in [-0.39, 0.29) is 11.4 Å². The van der Waals surface area contributed by atoms with E-state index in [9.17, 15) is 14.9 Å². The number of nitrogens with one attached hydrogen (secondary N) is 1. The summed E-state index contributed by atoms with van der Waals surface area (Å²) in [7, 11) is 0. The average Bonchev–Trinajstić information content (AvgIpc) is 2.60. The SMILES string of the molecule is O=C(C=Cc1ccccc1)NC(Oc1ccc([N+](=O)[O-])cc1)C(Cl)(Cl)Cl. The van der Waals surface area contributed by atoms with E-state index >= 15 is 0 Å². The molecule has 0 heterocycles. The normalized spacial score (nSPS) is 12.6. The van der Waals surface area contributed by atoms with E-state index in [1.165, 1.54) is 30.3 Å². The Morgan fingerprint density at radius 3 is 2.27 bits per heavy atom. The highest BCUT2D eigenvalue weighted by Crippen LogP contribution is 2.32. The Kier molecular flexibility index (Phi) is 6.85. The molecule has 6 nitrogen and oxygen atoms in total. The molecule has 0 aliphatic carbocycles. The van der Waals surface area contributed by atoms with E-state index in [1.54, 1.807) is 6.08 Å². The number of nitrogens with zero attached hydrogens (tertiary/aromatic N) is 1. The van der Waals surface area contributed by atoms with Crippen LogP contribution in [0.15, 0.2) is 60.7 Å². The lowest BCUT2D eigenvalue weighted by Crippen LogP contribution is -2.47. The summed E-state index contributed by atoms with van der Waals surface area (Å²) in [6, 6.07) is 14.3. The van der Waals surface area contributed by atoms with Crippen LogP contribution in [-0.4, -0.2) is 20.9 Å². The van der Waals surface area contributed by atoms with Crippen LogP contribution in [0.2, 0.25) is 0 Å². The summed E-state index contributed by atoms with van der Waals surface area (Å²) in [5.74, 6) is -0.341. The summed E-state index contributed by atoms with van der Waals surface area (Å²) < 4.78 is 3.49. The summed E-state index contributed by atoms with van der Waals surface area (Å²) in [5.41, 5.74) is 0.710. The van der Waals surface area contributed by atoms with Crippen LogP contribution in [0.5, 0.6) is 5.75 Å². The first-order chi connectivity index (χ1) is 12.3. The van der Waals surface area contributed by atoms with Crippen LogP contribution in [0.1, 0.15) is 5.56 Å². The lowest BCUT2D eigenvalue weighted by molar-refractivity contribution is -0.384. The number of carbonyl (C=O) groups is 1. The topological polar surface area (TPSA) is 81.5 Å². The fourth-order valence-corrected chi connectivity index (χ4v) is 2.17. The molecule has 0 fully saturated rings. The van der Waals surface area contributed by atoms with Crippen molar-refractivity contribution in [2.24, 2.45) is 0 Å². The fourth-order valence-electron chi connectivity index (χ4n) is 1.87. The van der Waals surface area contributed by atoms with Gasteiger partial charge < -0.3 is 10.1 Å². The van der Waals surface area contributed by atoms with Gasteiger partial charge in [-0.15, -0.1) is 0 Å². The Hall–Kier alpha value is -2.28. The molecule has 0 spiro atoms. The lowest BCUT2D eigenvalue weighted by Gasteiger charge is -2.25. The number of nitro groups is 1. The van der Waals surface area contributed by atoms with Crippen LogP contribution in [0.4, 0.5) is 5.69 Å². The van der Waals surface area contributed by atoms with E-state index in [1.807, 2.05) is 30.3 Å². The third kappa shape index (κ3) is 6.22. The van der Waals surface area contributed by atoms with Crippen LogP contribution in [-0.2, 0) is 4.79 Å². The number of alkyl halides is 3. The second kappa shape index (κ2) is 8.89. The predicted molar refractivity (Wildman–Crippen MR) is 101 cm³/mol. The van der Waals surface area contributed by atoms with Crippen LogP contribution >= 0.6 is 34.8 Å². The zero-order valence-electron chi connectivity index (χ0n) is 13.1. The Labute approximate surface area is 164 Å². The van der Waals surface area contributed by atoms with Gasteiger partial charge in [0.2, 0.25) is 15.9 Å². The van der Waals surface area contributed by atoms with E-state index in [0.29, 0.717) is 0 Å². The van der Waals surface area contributed by atoms with Crippen LogP contribution < -0.4 is 10.1 Å². The van der Waals surface area contributed by atoms with Gasteiger partial charge in [-0.25, -0.2) is 0 Å². The van der Waals surface area contributed by atoms with Crippen LogP contribution in [0, 0.1) is 10.1 Å². The van der Waals surface area contributed by atoms with Crippen molar-refractivity contribution in [1.29, 1.82) is 0 Å². The number of hydrogen-bond donors (Lipinski definition) is 1. The summed E-state index contributed by atoms with van der Waals surface area (Å²) in [4.78, 5) is 22.2. The van der Waals surface area contributed by atoms with E-state index in [4.69, 9.17) is 39.5 Å². The van der Waals surface area contributed by atoms with Gasteiger partial charge in [0.05, 0.1) is 4.92 Å². The number of rotatable bonds is 6. The Morgan fingerprint density at radius 1 is 1.12 bits per heavy atom. The first kappa shape index (κ1) is 20.0. The lowest BCUT2D eigenvalue weighted by atomic mass is 10.2. The Morgan fingerprint density at radius 2 is 1.73 bits per heavy atom. The summed E-state index contributed by atoms with van der Waals surface area (Å²) in [6.07, 6.45) is 1.57. The fraction of sp³-hybridized carbons (Fsp3) is 0.118. The molecule has 136 valence electrons. The molecular formula is C17H13Cl3N2O4. The van der Waals surface area contributed by atoms with Gasteiger partial charge in [0.1, 0.15) is 5.75 Å². The van der Waals surface area contributed by atoms with Crippen molar-refractivity contribution in [3.8, 4) is 5.75 Å². The highest BCUT2D eigenvalue weighted by atomic mass is 35.6. The smallest absolute Gasteiger partial charge is 0.269 e. The molecule has 0 aliphatic rings. The van der Waals surface area contributed by atoms with Gasteiger partial charge in [0, 0.05) is 18.2 Å². The second-order valence-corrected chi connectivity index (χ2v) is 7.41. The summed E-state index contributed by atoms with van der Waals surface area (Å²) in [5, 5.41) is 13.1. The molecule has 0 bridgehead atoms. The Bertz CT molecular complexity index is 790. The minimum absolute atomic E-state index is 0.113. The van der Waals surface area contributed by atoms with Crippen molar-refractivity contribution in [2.45, 2.75) is 10.0 Å². The van der Waals surface area contributed by atoms with Crippen molar-refractivity contribution >= 4 is 52.5 Å². The zero-order valence-corrected chi connectivity index (χ0v) is 15.4. The maximum atomic E-state index is 12.1. The van der Waals surface area contributed by atoms with E-state index in [2.05, 4.69) is 5.32 Å². The molecule has 2 aromatic rings. The van der Waals surface area contributed by atoms with Gasteiger partial charge in [-0.3, -0.25) is 14.9 Å². The van der Waals surface area contributed by atoms with Crippen molar-refractivity contribution < 1.29 is 14.5 Å². The summed E-state index contributed by atoms with van der Waals surface area (Å²) >= 11 is 17.6. The minimum atomic E-state index is -1.96. The molecule has 0 aliphatic heterocycles. The molecule has 9 heteroatoms. The van der Waals surface area contributed by atoms with Crippen molar-refractivity contribution in [2.75, 3.05) is 0 Å². The third-order valence-corrected chi connectivity index (χ3v) is 3.69. The number of non-ortho nitro benzene ring substituents is 1. The number of nitro benzene ring substituents is 1. The molecule has 0 aromatic heterocycles. The molecule has 0 saturated heterocycles. The minimum Gasteiger partial charge on any atom is -0.466 e. The van der Waals surface area contributed by atoms with Gasteiger partial charge in [-0.2, -0.15) is 0 Å². The van der Waals surface area contributed by atoms with Crippen molar-refractivity contribution in [3.63, 3.8) is 0 Å². The van der Waals surface area contributed by atoms with Gasteiger partial charge >= 0.3 is 0 Å². The molecule has 1 amide bonds. The number of ether oxygens (including phenoxy) is 1. The molecule has 26 heavy (non-hydrogen) atoms. The van der Waals surface area contributed by atoms with E-state index < -0.39 is 20.9 Å². The third-order valence-electron chi connectivity index (χ3n) is 3.10. The maximum Gasteiger partial charge on any atom is 0.269 e. The number of halogens is 3.